The lowest BCUT2D eigenvalue weighted by Gasteiger charge is -2.29. The van der Waals surface area contributed by atoms with Crippen molar-refractivity contribution in [3.8, 4) is 0 Å². The van der Waals surface area contributed by atoms with Gasteiger partial charge in [0.05, 0.1) is 23.4 Å². The number of halogens is 1. The molecule has 0 aliphatic carbocycles. The Labute approximate surface area is 152 Å². The second-order valence-corrected chi connectivity index (χ2v) is 9.90. The fourth-order valence-electron chi connectivity index (χ4n) is 2.96. The van der Waals surface area contributed by atoms with Gasteiger partial charge in [0.25, 0.3) is 0 Å². The predicted octanol–water partition coefficient (Wildman–Crippen LogP) is 2.48. The van der Waals surface area contributed by atoms with E-state index in [1.165, 1.54) is 34.6 Å². The fourth-order valence-corrected chi connectivity index (χ4v) is 5.14. The third-order valence-corrected chi connectivity index (χ3v) is 6.54. The van der Waals surface area contributed by atoms with E-state index in [1.54, 1.807) is 12.1 Å². The summed E-state index contributed by atoms with van der Waals surface area (Å²) in [7, 11) is -7.15. The normalized spacial score (nSPS) is 14.8. The van der Waals surface area contributed by atoms with Crippen LogP contribution in [-0.2, 0) is 32.2 Å². The van der Waals surface area contributed by atoms with Gasteiger partial charge in [0, 0.05) is 6.54 Å². The molecule has 0 unspecified atom stereocenters. The van der Waals surface area contributed by atoms with Gasteiger partial charge in [-0.05, 0) is 48.2 Å². The average molecular weight is 398 g/mol. The molecule has 0 spiro atoms. The maximum Gasteiger partial charge on any atom is 0.236 e. The molecule has 1 aliphatic heterocycles. The zero-order valence-corrected chi connectivity index (χ0v) is 15.8. The molecule has 3 rings (SSSR count). The Bertz CT molecular complexity index is 1020. The highest BCUT2D eigenvalue weighted by Gasteiger charge is 2.24. The van der Waals surface area contributed by atoms with Crippen LogP contribution in [0.15, 0.2) is 42.5 Å². The van der Waals surface area contributed by atoms with Crippen LogP contribution in [0.3, 0.4) is 0 Å². The van der Waals surface area contributed by atoms with Crippen LogP contribution in [0, 0.1) is 5.82 Å². The molecule has 0 radical (unpaired) electrons. The van der Waals surface area contributed by atoms with Crippen molar-refractivity contribution in [3.05, 3.63) is 59.4 Å². The molecule has 6 nitrogen and oxygen atoms in total. The molecule has 2 aromatic rings. The summed E-state index contributed by atoms with van der Waals surface area (Å²) in [6.45, 7) is 0.373. The summed E-state index contributed by atoms with van der Waals surface area (Å²) in [5, 5.41) is 0. The number of nitrogens with zero attached hydrogens (tertiary/aromatic N) is 1. The standard InChI is InChI=1S/C17H19FN2O4S2/c1-25(21,22)20-10-2-3-14-6-9-16(11-17(14)20)19-26(23,24)12-13-4-7-15(18)8-5-13/h4-9,11,19H,2-3,10,12H2,1H3. The maximum absolute atomic E-state index is 12.9. The van der Waals surface area contributed by atoms with Crippen LogP contribution in [0.1, 0.15) is 17.5 Å². The number of hydrogen-bond donors (Lipinski definition) is 1. The van der Waals surface area contributed by atoms with Crippen LogP contribution in [0.5, 0.6) is 0 Å². The zero-order chi connectivity index (χ0) is 18.9. The molecule has 1 heterocycles. The second kappa shape index (κ2) is 6.88. The third kappa shape index (κ3) is 4.34. The topological polar surface area (TPSA) is 83.6 Å². The van der Waals surface area contributed by atoms with E-state index in [0.29, 0.717) is 23.5 Å². The van der Waals surface area contributed by atoms with E-state index in [2.05, 4.69) is 4.72 Å². The molecule has 9 heteroatoms. The zero-order valence-electron chi connectivity index (χ0n) is 14.1. The smallest absolute Gasteiger partial charge is 0.236 e. The van der Waals surface area contributed by atoms with Crippen LogP contribution in [0.2, 0.25) is 0 Å². The first-order valence-corrected chi connectivity index (χ1v) is 11.5. The van der Waals surface area contributed by atoms with E-state index in [9.17, 15) is 21.2 Å². The predicted molar refractivity (Wildman–Crippen MR) is 99.6 cm³/mol. The van der Waals surface area contributed by atoms with Gasteiger partial charge < -0.3 is 0 Å². The number of aryl methyl sites for hydroxylation is 1. The van der Waals surface area contributed by atoms with Gasteiger partial charge >= 0.3 is 0 Å². The number of anilines is 2. The quantitative estimate of drug-likeness (QED) is 0.839. The van der Waals surface area contributed by atoms with E-state index < -0.39 is 25.9 Å². The molecule has 2 aromatic carbocycles. The van der Waals surface area contributed by atoms with Crippen molar-refractivity contribution in [2.45, 2.75) is 18.6 Å². The van der Waals surface area contributed by atoms with Crippen molar-refractivity contribution >= 4 is 31.4 Å². The molecule has 0 bridgehead atoms. The van der Waals surface area contributed by atoms with E-state index in [1.807, 2.05) is 0 Å². The van der Waals surface area contributed by atoms with E-state index in [4.69, 9.17) is 0 Å². The summed E-state index contributed by atoms with van der Waals surface area (Å²) in [6, 6.07) is 10.1. The highest BCUT2D eigenvalue weighted by atomic mass is 32.2. The van der Waals surface area contributed by atoms with Crippen LogP contribution in [0.25, 0.3) is 0 Å². The van der Waals surface area contributed by atoms with Crippen LogP contribution >= 0.6 is 0 Å². The van der Waals surface area contributed by atoms with Gasteiger partial charge in [-0.1, -0.05) is 18.2 Å². The number of nitrogens with one attached hydrogen (secondary N) is 1. The van der Waals surface area contributed by atoms with Crippen LogP contribution in [0.4, 0.5) is 15.8 Å². The SMILES string of the molecule is CS(=O)(=O)N1CCCc2ccc(NS(=O)(=O)Cc3ccc(F)cc3)cc21. The molecule has 1 N–H and O–H groups in total. The number of sulfonamides is 2. The second-order valence-electron chi connectivity index (χ2n) is 6.27. The van der Waals surface area contributed by atoms with Gasteiger partial charge in [-0.25, -0.2) is 21.2 Å². The van der Waals surface area contributed by atoms with E-state index in [0.717, 1.165) is 24.7 Å². The van der Waals surface area contributed by atoms with Crippen LogP contribution in [-0.4, -0.2) is 29.6 Å². The van der Waals surface area contributed by atoms with E-state index >= 15 is 0 Å². The molecular weight excluding hydrogens is 379 g/mol. The summed E-state index contributed by atoms with van der Waals surface area (Å²) < 4.78 is 65.4. The Morgan fingerprint density at radius 1 is 1.08 bits per heavy atom. The first-order valence-electron chi connectivity index (χ1n) is 8.00. The molecule has 1 aliphatic rings. The minimum absolute atomic E-state index is 0.293. The number of benzene rings is 2. The Kier molecular flexibility index (Phi) is 4.94. The molecule has 0 saturated heterocycles. The van der Waals surface area contributed by atoms with Gasteiger partial charge in [0.1, 0.15) is 5.82 Å². The molecule has 0 atom stereocenters. The number of rotatable bonds is 5. The summed E-state index contributed by atoms with van der Waals surface area (Å²) in [6.07, 6.45) is 2.59. The Balaban J connectivity index is 1.85. The molecule has 0 amide bonds. The summed E-state index contributed by atoms with van der Waals surface area (Å²) in [5.41, 5.74) is 2.11. The van der Waals surface area contributed by atoms with Gasteiger partial charge in [0.2, 0.25) is 20.0 Å². The first kappa shape index (κ1) is 18.7. The fraction of sp³-hybridized carbons (Fsp3) is 0.294. The maximum atomic E-state index is 12.9. The Morgan fingerprint density at radius 2 is 1.77 bits per heavy atom. The van der Waals surface area contributed by atoms with Crippen molar-refractivity contribution in [2.75, 3.05) is 21.8 Å². The molecule has 0 saturated carbocycles. The summed E-state index contributed by atoms with van der Waals surface area (Å²) in [5.74, 6) is -0.741. The van der Waals surface area contributed by atoms with Gasteiger partial charge in [-0.2, -0.15) is 0 Å². The van der Waals surface area contributed by atoms with Crippen LogP contribution < -0.4 is 9.03 Å². The van der Waals surface area contributed by atoms with E-state index in [-0.39, 0.29) is 5.75 Å². The number of hydrogen-bond acceptors (Lipinski definition) is 4. The van der Waals surface area contributed by atoms with Crippen molar-refractivity contribution < 1.29 is 21.2 Å². The molecule has 140 valence electrons. The minimum atomic E-state index is -3.72. The largest absolute Gasteiger partial charge is 0.283 e. The van der Waals surface area contributed by atoms with Gasteiger partial charge in [-0.15, -0.1) is 0 Å². The summed E-state index contributed by atoms with van der Waals surface area (Å²) >= 11 is 0. The summed E-state index contributed by atoms with van der Waals surface area (Å²) in [4.78, 5) is 0. The molecule has 26 heavy (non-hydrogen) atoms. The van der Waals surface area contributed by atoms with Gasteiger partial charge in [-0.3, -0.25) is 9.03 Å². The Hall–Kier alpha value is -2.13. The van der Waals surface area contributed by atoms with Crippen molar-refractivity contribution in [2.24, 2.45) is 0 Å². The van der Waals surface area contributed by atoms with Crippen molar-refractivity contribution in [1.82, 2.24) is 0 Å². The molecule has 0 fully saturated rings. The first-order chi connectivity index (χ1) is 12.1. The lowest BCUT2D eigenvalue weighted by Crippen LogP contribution is -2.34. The number of fused-ring (bicyclic) bond motifs is 1. The molecular formula is C17H19FN2O4S2. The lowest BCUT2D eigenvalue weighted by atomic mass is 10.0. The lowest BCUT2D eigenvalue weighted by molar-refractivity contribution is 0.592. The van der Waals surface area contributed by atoms with Crippen molar-refractivity contribution in [1.29, 1.82) is 0 Å². The Morgan fingerprint density at radius 3 is 2.42 bits per heavy atom. The monoisotopic (exact) mass is 398 g/mol. The average Bonchev–Trinajstić information content (AvgIpc) is 2.55. The third-order valence-electron chi connectivity index (χ3n) is 4.10. The van der Waals surface area contributed by atoms with Crippen molar-refractivity contribution in [3.63, 3.8) is 0 Å². The highest BCUT2D eigenvalue weighted by molar-refractivity contribution is 7.92. The minimum Gasteiger partial charge on any atom is -0.283 e. The highest BCUT2D eigenvalue weighted by Crippen LogP contribution is 2.32. The van der Waals surface area contributed by atoms with Gasteiger partial charge in [0.15, 0.2) is 0 Å². The molecule has 0 aromatic heterocycles.